The van der Waals surface area contributed by atoms with Crippen molar-refractivity contribution in [2.45, 2.75) is 20.8 Å². The molecule has 14 heavy (non-hydrogen) atoms. The molecule has 0 spiro atoms. The highest BCUT2D eigenvalue weighted by atomic mass is 79.9. The summed E-state index contributed by atoms with van der Waals surface area (Å²) in [6.45, 7) is 6.64. The fraction of sp³-hybridized carbons (Fsp3) is 0.455. The van der Waals surface area contributed by atoms with Crippen LogP contribution in [-0.2, 0) is 0 Å². The zero-order chi connectivity index (χ0) is 10.8. The van der Waals surface area contributed by atoms with E-state index >= 15 is 0 Å². The van der Waals surface area contributed by atoms with E-state index in [2.05, 4.69) is 15.9 Å². The molecule has 0 aromatic heterocycles. The van der Waals surface area contributed by atoms with Crippen LogP contribution in [0.1, 0.15) is 20.8 Å². The van der Waals surface area contributed by atoms with E-state index in [-0.39, 0.29) is 11.2 Å². The molecule has 1 rings (SSSR count). The molecule has 0 N–H and O–H groups in total. The van der Waals surface area contributed by atoms with Crippen LogP contribution in [0.2, 0.25) is 0 Å². The third-order valence-electron chi connectivity index (χ3n) is 1.55. The van der Waals surface area contributed by atoms with Crippen LogP contribution in [0.3, 0.4) is 0 Å². The van der Waals surface area contributed by atoms with Crippen molar-refractivity contribution in [3.05, 3.63) is 28.5 Å². The summed E-state index contributed by atoms with van der Waals surface area (Å²) in [7, 11) is 0. The fourth-order valence-corrected chi connectivity index (χ4v) is 1.22. The number of rotatable bonds is 2. The predicted molar refractivity (Wildman–Crippen MR) is 59.1 cm³/mol. The molecule has 0 saturated carbocycles. The predicted octanol–water partition coefficient (Wildman–Crippen LogP) is 4.01. The number of hydrogen-bond donors (Lipinski definition) is 0. The van der Waals surface area contributed by atoms with Gasteiger partial charge in [-0.15, -0.1) is 0 Å². The standard InChI is InChI=1S/C11H14BrFO/c1-11(2,3)7-14-10-5-4-8(12)6-9(10)13/h4-6H,7H2,1-3H3. The zero-order valence-corrected chi connectivity index (χ0v) is 10.2. The van der Waals surface area contributed by atoms with Gasteiger partial charge in [0.25, 0.3) is 0 Å². The smallest absolute Gasteiger partial charge is 0.166 e. The van der Waals surface area contributed by atoms with Gasteiger partial charge in [0.05, 0.1) is 6.61 Å². The first-order valence-corrected chi connectivity index (χ1v) is 5.26. The van der Waals surface area contributed by atoms with Crippen LogP contribution in [-0.4, -0.2) is 6.61 Å². The van der Waals surface area contributed by atoms with Gasteiger partial charge in [0.2, 0.25) is 0 Å². The average molecular weight is 261 g/mol. The minimum atomic E-state index is -0.330. The summed E-state index contributed by atoms with van der Waals surface area (Å²) < 4.78 is 19.4. The third-order valence-corrected chi connectivity index (χ3v) is 2.05. The molecular weight excluding hydrogens is 247 g/mol. The summed E-state index contributed by atoms with van der Waals surface area (Å²) in [6.07, 6.45) is 0. The second-order valence-electron chi connectivity index (χ2n) is 4.42. The number of halogens is 2. The first kappa shape index (κ1) is 11.5. The molecule has 1 aromatic carbocycles. The molecule has 0 aliphatic heterocycles. The van der Waals surface area contributed by atoms with Gasteiger partial charge >= 0.3 is 0 Å². The van der Waals surface area contributed by atoms with E-state index in [1.807, 2.05) is 20.8 Å². The van der Waals surface area contributed by atoms with E-state index in [0.717, 1.165) is 4.47 Å². The van der Waals surface area contributed by atoms with Gasteiger partial charge in [-0.1, -0.05) is 36.7 Å². The molecule has 0 radical (unpaired) electrons. The van der Waals surface area contributed by atoms with Gasteiger partial charge in [-0.25, -0.2) is 4.39 Å². The number of benzene rings is 1. The lowest BCUT2D eigenvalue weighted by Gasteiger charge is -2.19. The topological polar surface area (TPSA) is 9.23 Å². The summed E-state index contributed by atoms with van der Waals surface area (Å²) in [5.41, 5.74) is 0.0412. The van der Waals surface area contributed by atoms with Gasteiger partial charge in [-0.2, -0.15) is 0 Å². The number of hydrogen-bond acceptors (Lipinski definition) is 1. The Morgan fingerprint density at radius 1 is 1.36 bits per heavy atom. The van der Waals surface area contributed by atoms with Crippen molar-refractivity contribution < 1.29 is 9.13 Å². The van der Waals surface area contributed by atoms with Crippen molar-refractivity contribution in [1.29, 1.82) is 0 Å². The van der Waals surface area contributed by atoms with E-state index in [0.29, 0.717) is 12.4 Å². The summed E-state index contributed by atoms with van der Waals surface area (Å²) in [6, 6.07) is 4.80. The normalized spacial score (nSPS) is 11.5. The molecule has 0 atom stereocenters. The Kier molecular flexibility index (Phi) is 3.53. The Hall–Kier alpha value is -0.570. The van der Waals surface area contributed by atoms with Crippen LogP contribution < -0.4 is 4.74 Å². The van der Waals surface area contributed by atoms with Gasteiger partial charge in [-0.3, -0.25) is 0 Å². The first-order chi connectivity index (χ1) is 6.38. The molecule has 0 aliphatic rings. The second-order valence-corrected chi connectivity index (χ2v) is 5.34. The van der Waals surface area contributed by atoms with Crippen LogP contribution in [0.25, 0.3) is 0 Å². The molecule has 3 heteroatoms. The lowest BCUT2D eigenvalue weighted by Crippen LogP contribution is -2.17. The van der Waals surface area contributed by atoms with Crippen molar-refractivity contribution in [3.63, 3.8) is 0 Å². The molecule has 0 aliphatic carbocycles. The monoisotopic (exact) mass is 260 g/mol. The molecule has 0 heterocycles. The summed E-state index contributed by atoms with van der Waals surface area (Å²) in [5.74, 6) is -0.0215. The molecule has 1 nitrogen and oxygen atoms in total. The average Bonchev–Trinajstić information content (AvgIpc) is 2.00. The lowest BCUT2D eigenvalue weighted by molar-refractivity contribution is 0.191. The van der Waals surface area contributed by atoms with Crippen LogP contribution in [0.4, 0.5) is 4.39 Å². The number of ether oxygens (including phenoxy) is 1. The Balaban J connectivity index is 2.68. The summed E-state index contributed by atoms with van der Waals surface area (Å²) in [4.78, 5) is 0. The van der Waals surface area contributed by atoms with Gasteiger partial charge in [0, 0.05) is 4.47 Å². The molecule has 78 valence electrons. The van der Waals surface area contributed by atoms with Crippen molar-refractivity contribution in [3.8, 4) is 5.75 Å². The highest BCUT2D eigenvalue weighted by molar-refractivity contribution is 9.10. The van der Waals surface area contributed by atoms with Crippen LogP contribution in [0.15, 0.2) is 22.7 Å². The maximum absolute atomic E-state index is 13.3. The Morgan fingerprint density at radius 3 is 2.50 bits per heavy atom. The van der Waals surface area contributed by atoms with Crippen LogP contribution in [0, 0.1) is 11.2 Å². The fourth-order valence-electron chi connectivity index (χ4n) is 0.887. The van der Waals surface area contributed by atoms with E-state index < -0.39 is 0 Å². The maximum atomic E-state index is 13.3. The Morgan fingerprint density at radius 2 is 2.00 bits per heavy atom. The minimum absolute atomic E-state index is 0.0412. The Labute approximate surface area is 92.4 Å². The van der Waals surface area contributed by atoms with Crippen molar-refractivity contribution >= 4 is 15.9 Å². The molecule has 1 aromatic rings. The van der Waals surface area contributed by atoms with E-state index in [9.17, 15) is 4.39 Å². The molecular formula is C11H14BrFO. The van der Waals surface area contributed by atoms with Crippen molar-refractivity contribution in [2.75, 3.05) is 6.61 Å². The minimum Gasteiger partial charge on any atom is -0.490 e. The van der Waals surface area contributed by atoms with Gasteiger partial charge < -0.3 is 4.74 Å². The van der Waals surface area contributed by atoms with E-state index in [1.165, 1.54) is 6.07 Å². The van der Waals surface area contributed by atoms with Gasteiger partial charge in [-0.05, 0) is 23.6 Å². The first-order valence-electron chi connectivity index (χ1n) is 4.46. The zero-order valence-electron chi connectivity index (χ0n) is 8.60. The maximum Gasteiger partial charge on any atom is 0.166 e. The lowest BCUT2D eigenvalue weighted by atomic mass is 9.99. The highest BCUT2D eigenvalue weighted by Gasteiger charge is 2.12. The SMILES string of the molecule is CC(C)(C)COc1ccc(Br)cc1F. The van der Waals surface area contributed by atoms with Crippen LogP contribution >= 0.6 is 15.9 Å². The third kappa shape index (κ3) is 3.66. The largest absolute Gasteiger partial charge is 0.490 e. The quantitative estimate of drug-likeness (QED) is 0.781. The molecule has 0 saturated heterocycles. The summed E-state index contributed by atoms with van der Waals surface area (Å²) >= 11 is 3.19. The van der Waals surface area contributed by atoms with Gasteiger partial charge in [0.15, 0.2) is 11.6 Å². The van der Waals surface area contributed by atoms with E-state index in [4.69, 9.17) is 4.74 Å². The van der Waals surface area contributed by atoms with Crippen molar-refractivity contribution in [2.24, 2.45) is 5.41 Å². The molecule has 0 unspecified atom stereocenters. The molecule has 0 amide bonds. The molecule has 0 fully saturated rings. The highest BCUT2D eigenvalue weighted by Crippen LogP contribution is 2.23. The van der Waals surface area contributed by atoms with Crippen LogP contribution in [0.5, 0.6) is 5.75 Å². The van der Waals surface area contributed by atoms with E-state index in [1.54, 1.807) is 12.1 Å². The Bertz CT molecular complexity index is 318. The second kappa shape index (κ2) is 4.30. The molecule has 0 bridgehead atoms. The summed E-state index contributed by atoms with van der Waals surface area (Å²) in [5, 5.41) is 0. The van der Waals surface area contributed by atoms with Crippen molar-refractivity contribution in [1.82, 2.24) is 0 Å². The van der Waals surface area contributed by atoms with Gasteiger partial charge in [0.1, 0.15) is 0 Å².